The van der Waals surface area contributed by atoms with Crippen molar-refractivity contribution in [3.8, 4) is 10.4 Å². The number of fused-ring (bicyclic) bond motifs is 2. The van der Waals surface area contributed by atoms with Gasteiger partial charge in [0.1, 0.15) is 0 Å². The molecule has 4 rings (SSSR count). The molecule has 0 saturated heterocycles. The SMILES string of the molecule is Sc1ccc(-c2c3ccccc3cc3ccccc23)s1. The number of rotatable bonds is 1. The van der Waals surface area contributed by atoms with Gasteiger partial charge in [0.25, 0.3) is 0 Å². The van der Waals surface area contributed by atoms with E-state index in [1.54, 1.807) is 11.3 Å². The molecule has 0 aliphatic rings. The Kier molecular flexibility index (Phi) is 2.79. The van der Waals surface area contributed by atoms with Gasteiger partial charge in [-0.15, -0.1) is 24.0 Å². The Balaban J connectivity index is 2.23. The van der Waals surface area contributed by atoms with Crippen molar-refractivity contribution in [2.75, 3.05) is 0 Å². The van der Waals surface area contributed by atoms with E-state index >= 15 is 0 Å². The molecule has 0 bridgehead atoms. The summed E-state index contributed by atoms with van der Waals surface area (Å²) in [6, 6.07) is 23.7. The Hall–Kier alpha value is -1.77. The minimum Gasteiger partial charge on any atom is -0.133 e. The first-order valence-electron chi connectivity index (χ1n) is 6.52. The van der Waals surface area contributed by atoms with Crippen LogP contribution >= 0.6 is 24.0 Å². The van der Waals surface area contributed by atoms with Gasteiger partial charge in [0.15, 0.2) is 0 Å². The third kappa shape index (κ3) is 1.84. The summed E-state index contributed by atoms with van der Waals surface area (Å²) in [4.78, 5) is 1.28. The summed E-state index contributed by atoms with van der Waals surface area (Å²) < 4.78 is 1.05. The molecule has 0 amide bonds. The minimum absolute atomic E-state index is 1.05. The first-order chi connectivity index (χ1) is 9.83. The summed E-state index contributed by atoms with van der Waals surface area (Å²) in [6.45, 7) is 0. The van der Waals surface area contributed by atoms with Gasteiger partial charge in [-0.2, -0.15) is 0 Å². The fraction of sp³-hybridized carbons (Fsp3) is 0. The zero-order valence-corrected chi connectivity index (χ0v) is 12.4. The third-order valence-electron chi connectivity index (χ3n) is 3.61. The van der Waals surface area contributed by atoms with Crippen LogP contribution in [0.2, 0.25) is 0 Å². The van der Waals surface area contributed by atoms with Crippen molar-refractivity contribution in [1.29, 1.82) is 0 Å². The lowest BCUT2D eigenvalue weighted by Crippen LogP contribution is -1.82. The number of benzene rings is 3. The summed E-state index contributed by atoms with van der Waals surface area (Å²) in [5.41, 5.74) is 1.32. The number of hydrogen-bond donors (Lipinski definition) is 1. The largest absolute Gasteiger partial charge is 0.133 e. The highest BCUT2D eigenvalue weighted by Gasteiger charge is 2.10. The van der Waals surface area contributed by atoms with Gasteiger partial charge in [-0.25, -0.2) is 0 Å². The van der Waals surface area contributed by atoms with Gasteiger partial charge in [-0.3, -0.25) is 0 Å². The number of thiol groups is 1. The summed E-state index contributed by atoms with van der Waals surface area (Å²) in [7, 11) is 0. The lowest BCUT2D eigenvalue weighted by Gasteiger charge is -2.10. The lowest BCUT2D eigenvalue weighted by atomic mass is 9.96. The highest BCUT2D eigenvalue weighted by molar-refractivity contribution is 7.83. The first-order valence-corrected chi connectivity index (χ1v) is 7.79. The Morgan fingerprint density at radius 2 is 1.30 bits per heavy atom. The zero-order valence-electron chi connectivity index (χ0n) is 10.7. The van der Waals surface area contributed by atoms with Crippen LogP contribution in [0.5, 0.6) is 0 Å². The summed E-state index contributed by atoms with van der Waals surface area (Å²) in [5.74, 6) is 0. The van der Waals surface area contributed by atoms with Crippen LogP contribution < -0.4 is 0 Å². The molecule has 0 aliphatic carbocycles. The van der Waals surface area contributed by atoms with E-state index in [1.807, 2.05) is 0 Å². The summed E-state index contributed by atoms with van der Waals surface area (Å²) in [6.07, 6.45) is 0. The van der Waals surface area contributed by atoms with Gasteiger partial charge >= 0.3 is 0 Å². The van der Waals surface area contributed by atoms with Crippen LogP contribution in [0.1, 0.15) is 0 Å². The van der Waals surface area contributed by atoms with Crippen molar-refractivity contribution in [2.24, 2.45) is 0 Å². The maximum atomic E-state index is 4.46. The van der Waals surface area contributed by atoms with Gasteiger partial charge in [0.05, 0.1) is 4.21 Å². The minimum atomic E-state index is 1.05. The van der Waals surface area contributed by atoms with E-state index in [-0.39, 0.29) is 0 Å². The quantitative estimate of drug-likeness (QED) is 0.322. The molecule has 3 aromatic carbocycles. The van der Waals surface area contributed by atoms with E-state index in [9.17, 15) is 0 Å². The molecular formula is C18H12S2. The van der Waals surface area contributed by atoms with Crippen LogP contribution in [-0.2, 0) is 0 Å². The van der Waals surface area contributed by atoms with Gasteiger partial charge in [0.2, 0.25) is 0 Å². The predicted octanol–water partition coefficient (Wildman–Crippen LogP) is 6.01. The normalized spacial score (nSPS) is 11.2. The third-order valence-corrected chi connectivity index (χ3v) is 4.94. The van der Waals surface area contributed by atoms with E-state index in [4.69, 9.17) is 0 Å². The fourth-order valence-corrected chi connectivity index (χ4v) is 3.93. The summed E-state index contributed by atoms with van der Waals surface area (Å²) in [5, 5.41) is 5.19. The molecule has 0 fully saturated rings. The highest BCUT2D eigenvalue weighted by atomic mass is 32.2. The second kappa shape index (κ2) is 4.65. The van der Waals surface area contributed by atoms with Crippen molar-refractivity contribution in [2.45, 2.75) is 4.21 Å². The molecule has 1 aromatic heterocycles. The molecule has 1 heterocycles. The van der Waals surface area contributed by atoms with Crippen molar-refractivity contribution >= 4 is 45.5 Å². The molecule has 96 valence electrons. The van der Waals surface area contributed by atoms with Crippen LogP contribution in [0.25, 0.3) is 32.0 Å². The fourth-order valence-electron chi connectivity index (χ4n) is 2.74. The van der Waals surface area contributed by atoms with Crippen molar-refractivity contribution in [3.63, 3.8) is 0 Å². The van der Waals surface area contributed by atoms with Gasteiger partial charge in [0, 0.05) is 10.4 Å². The Morgan fingerprint density at radius 1 is 0.700 bits per heavy atom. The van der Waals surface area contributed by atoms with E-state index in [1.165, 1.54) is 32.0 Å². The molecule has 0 unspecified atom stereocenters. The standard InChI is InChI=1S/C18H12S2/c19-17-10-9-16(20-17)18-14-7-3-1-5-12(14)11-13-6-2-4-8-15(13)18/h1-11,19H. The smallest absolute Gasteiger partial charge is 0.0574 e. The number of thiophene rings is 1. The van der Waals surface area contributed by atoms with Crippen molar-refractivity contribution < 1.29 is 0 Å². The molecule has 0 saturated carbocycles. The first kappa shape index (κ1) is 12.0. The Labute approximate surface area is 127 Å². The van der Waals surface area contributed by atoms with Crippen LogP contribution in [-0.4, -0.2) is 0 Å². The van der Waals surface area contributed by atoms with Crippen LogP contribution in [0, 0.1) is 0 Å². The molecule has 20 heavy (non-hydrogen) atoms. The topological polar surface area (TPSA) is 0 Å². The molecule has 0 aliphatic heterocycles. The van der Waals surface area contributed by atoms with Crippen LogP contribution in [0.4, 0.5) is 0 Å². The number of hydrogen-bond acceptors (Lipinski definition) is 2. The van der Waals surface area contributed by atoms with E-state index < -0.39 is 0 Å². The average Bonchev–Trinajstić information content (AvgIpc) is 2.91. The lowest BCUT2D eigenvalue weighted by molar-refractivity contribution is 1.74. The van der Waals surface area contributed by atoms with Crippen molar-refractivity contribution in [1.82, 2.24) is 0 Å². The molecular weight excluding hydrogens is 280 g/mol. The molecule has 0 nitrogen and oxygen atoms in total. The van der Waals surface area contributed by atoms with Crippen LogP contribution in [0.15, 0.2) is 70.9 Å². The molecule has 0 radical (unpaired) electrons. The summed E-state index contributed by atoms with van der Waals surface area (Å²) >= 11 is 6.20. The second-order valence-corrected chi connectivity index (χ2v) is 6.70. The Morgan fingerprint density at radius 3 is 1.85 bits per heavy atom. The molecule has 0 N–H and O–H groups in total. The average molecular weight is 292 g/mol. The van der Waals surface area contributed by atoms with Gasteiger partial charge in [-0.1, -0.05) is 48.5 Å². The maximum Gasteiger partial charge on any atom is 0.0574 e. The van der Waals surface area contributed by atoms with E-state index in [0.29, 0.717) is 0 Å². The molecule has 0 atom stereocenters. The molecule has 4 aromatic rings. The van der Waals surface area contributed by atoms with Gasteiger partial charge < -0.3 is 0 Å². The Bertz CT molecular complexity index is 865. The van der Waals surface area contributed by atoms with Crippen molar-refractivity contribution in [3.05, 3.63) is 66.7 Å². The van der Waals surface area contributed by atoms with Crippen LogP contribution in [0.3, 0.4) is 0 Å². The molecule has 0 spiro atoms. The second-order valence-electron chi connectivity index (χ2n) is 4.83. The molecule has 2 heteroatoms. The highest BCUT2D eigenvalue weighted by Crippen LogP contribution is 2.40. The van der Waals surface area contributed by atoms with E-state index in [2.05, 4.69) is 79.4 Å². The monoisotopic (exact) mass is 292 g/mol. The van der Waals surface area contributed by atoms with Gasteiger partial charge in [-0.05, 0) is 39.7 Å². The maximum absolute atomic E-state index is 4.46. The predicted molar refractivity (Wildman–Crippen MR) is 92.0 cm³/mol. The van der Waals surface area contributed by atoms with E-state index in [0.717, 1.165) is 4.21 Å². The zero-order chi connectivity index (χ0) is 13.5.